The number of aromatic nitrogens is 2. The minimum atomic E-state index is 0.214. The van der Waals surface area contributed by atoms with Crippen LogP contribution < -0.4 is 0 Å². The molecule has 1 aliphatic carbocycles. The Hall–Kier alpha value is -1.90. The molecule has 0 spiro atoms. The number of fused-ring (bicyclic) bond motifs is 1. The largest absolute Gasteiger partial charge is 0.294 e. The Kier molecular flexibility index (Phi) is 2.32. The molecule has 0 bridgehead atoms. The first-order chi connectivity index (χ1) is 8.25. The lowest BCUT2D eigenvalue weighted by atomic mass is 9.86. The molecule has 0 amide bonds. The number of ketones is 1. The zero-order chi connectivity index (χ0) is 11.8. The first-order valence-corrected chi connectivity index (χ1v) is 5.91. The molecule has 0 aliphatic heterocycles. The number of nitrogens with zero attached hydrogens (tertiary/aromatic N) is 1. The van der Waals surface area contributed by atoms with Gasteiger partial charge in [0.15, 0.2) is 5.78 Å². The van der Waals surface area contributed by atoms with Crippen molar-refractivity contribution in [3.8, 4) is 11.3 Å². The molecule has 1 N–H and O–H groups in total. The van der Waals surface area contributed by atoms with Crippen molar-refractivity contribution >= 4 is 5.78 Å². The molecule has 0 unspecified atom stereocenters. The molecule has 3 heteroatoms. The van der Waals surface area contributed by atoms with E-state index in [0.29, 0.717) is 12.3 Å². The molecule has 86 valence electrons. The number of hydrogen-bond donors (Lipinski definition) is 1. The molecule has 1 aliphatic rings. The lowest BCUT2D eigenvalue weighted by Gasteiger charge is -2.16. The van der Waals surface area contributed by atoms with Gasteiger partial charge in [-0.3, -0.25) is 9.89 Å². The van der Waals surface area contributed by atoms with E-state index in [2.05, 4.69) is 17.1 Å². The Morgan fingerprint density at radius 1 is 1.24 bits per heavy atom. The van der Waals surface area contributed by atoms with Crippen molar-refractivity contribution in [1.29, 1.82) is 0 Å². The maximum atomic E-state index is 12.1. The van der Waals surface area contributed by atoms with Crippen LogP contribution in [-0.2, 0) is 6.42 Å². The number of Topliss-reactive ketones (excluding diaryl/α,β-unsaturated/α-hetero) is 1. The Labute approximate surface area is 99.9 Å². The van der Waals surface area contributed by atoms with E-state index in [-0.39, 0.29) is 5.78 Å². The Morgan fingerprint density at radius 3 is 2.76 bits per heavy atom. The number of carbonyl (C=O) groups excluding carboxylic acids is 1. The molecule has 0 fully saturated rings. The van der Waals surface area contributed by atoms with Crippen LogP contribution in [0.15, 0.2) is 30.3 Å². The van der Waals surface area contributed by atoms with Gasteiger partial charge in [0, 0.05) is 17.7 Å². The first kappa shape index (κ1) is 10.3. The van der Waals surface area contributed by atoms with Gasteiger partial charge < -0.3 is 0 Å². The molecule has 3 nitrogen and oxygen atoms in total. The Balaban J connectivity index is 2.13. The predicted molar refractivity (Wildman–Crippen MR) is 65.8 cm³/mol. The van der Waals surface area contributed by atoms with E-state index in [0.717, 1.165) is 28.9 Å². The number of aromatic amines is 1. The number of rotatable bonds is 1. The van der Waals surface area contributed by atoms with Gasteiger partial charge in [0.05, 0.1) is 5.56 Å². The van der Waals surface area contributed by atoms with Crippen LogP contribution in [-0.4, -0.2) is 16.0 Å². The van der Waals surface area contributed by atoms with Crippen LogP contribution in [0.5, 0.6) is 0 Å². The van der Waals surface area contributed by atoms with E-state index < -0.39 is 0 Å². The van der Waals surface area contributed by atoms with Crippen LogP contribution in [0.25, 0.3) is 11.3 Å². The van der Waals surface area contributed by atoms with Gasteiger partial charge in [0.25, 0.3) is 0 Å². The van der Waals surface area contributed by atoms with E-state index in [1.165, 1.54) is 0 Å². The monoisotopic (exact) mass is 226 g/mol. The van der Waals surface area contributed by atoms with Crippen molar-refractivity contribution < 1.29 is 4.79 Å². The fraction of sp³-hybridized carbons (Fsp3) is 0.286. The normalized spacial score (nSPS) is 19.1. The first-order valence-electron chi connectivity index (χ1n) is 5.91. The van der Waals surface area contributed by atoms with Gasteiger partial charge in [0.1, 0.15) is 5.69 Å². The summed E-state index contributed by atoms with van der Waals surface area (Å²) in [7, 11) is 0. The molecular formula is C14H14N2O. The topological polar surface area (TPSA) is 45.8 Å². The third kappa shape index (κ3) is 1.68. The van der Waals surface area contributed by atoms with Crippen LogP contribution in [0.1, 0.15) is 29.4 Å². The van der Waals surface area contributed by atoms with Gasteiger partial charge in [-0.15, -0.1) is 0 Å². The summed E-state index contributed by atoms with van der Waals surface area (Å²) in [5, 5.41) is 7.32. The van der Waals surface area contributed by atoms with Crippen LogP contribution in [0, 0.1) is 5.92 Å². The molecular weight excluding hydrogens is 212 g/mol. The summed E-state index contributed by atoms with van der Waals surface area (Å²) in [6, 6.07) is 9.87. The fourth-order valence-corrected chi connectivity index (χ4v) is 2.47. The van der Waals surface area contributed by atoms with Crippen molar-refractivity contribution in [3.63, 3.8) is 0 Å². The van der Waals surface area contributed by atoms with E-state index in [1.807, 2.05) is 30.3 Å². The summed E-state index contributed by atoms with van der Waals surface area (Å²) in [4.78, 5) is 12.1. The van der Waals surface area contributed by atoms with Crippen molar-refractivity contribution in [2.24, 2.45) is 5.92 Å². The lowest BCUT2D eigenvalue weighted by molar-refractivity contribution is 0.0954. The van der Waals surface area contributed by atoms with Gasteiger partial charge in [-0.25, -0.2) is 0 Å². The minimum Gasteiger partial charge on any atom is -0.294 e. The summed E-state index contributed by atoms with van der Waals surface area (Å²) in [5.41, 5.74) is 3.60. The average molecular weight is 226 g/mol. The summed E-state index contributed by atoms with van der Waals surface area (Å²) < 4.78 is 0. The van der Waals surface area contributed by atoms with Gasteiger partial charge in [-0.2, -0.15) is 5.10 Å². The highest BCUT2D eigenvalue weighted by atomic mass is 16.1. The average Bonchev–Trinajstić information content (AvgIpc) is 2.74. The molecule has 2 aromatic rings. The van der Waals surface area contributed by atoms with Gasteiger partial charge >= 0.3 is 0 Å². The smallest absolute Gasteiger partial charge is 0.167 e. The maximum Gasteiger partial charge on any atom is 0.167 e. The third-order valence-electron chi connectivity index (χ3n) is 3.25. The van der Waals surface area contributed by atoms with Crippen molar-refractivity contribution in [2.75, 3.05) is 0 Å². The van der Waals surface area contributed by atoms with E-state index in [1.54, 1.807) is 0 Å². The summed E-state index contributed by atoms with van der Waals surface area (Å²) in [6.07, 6.45) is 1.55. The van der Waals surface area contributed by atoms with Crippen LogP contribution in [0.2, 0.25) is 0 Å². The molecule has 0 radical (unpaired) electrons. The number of benzene rings is 1. The standard InChI is InChI=1S/C14H14N2O/c1-9-7-11-13(12(17)8-9)14(16-15-11)10-5-3-2-4-6-10/h2-6,9H,7-8H2,1H3,(H,15,16)/t9-/m1/s1. The molecule has 1 atom stereocenters. The maximum absolute atomic E-state index is 12.1. The SMILES string of the molecule is C[C@H]1CC(=O)c2c(-c3ccccc3)n[nH]c2C1. The quantitative estimate of drug-likeness (QED) is 0.812. The zero-order valence-corrected chi connectivity index (χ0v) is 9.73. The zero-order valence-electron chi connectivity index (χ0n) is 9.73. The van der Waals surface area contributed by atoms with Gasteiger partial charge in [-0.05, 0) is 12.3 Å². The summed E-state index contributed by atoms with van der Waals surface area (Å²) in [6.45, 7) is 2.10. The number of nitrogens with one attached hydrogen (secondary N) is 1. The van der Waals surface area contributed by atoms with Crippen LogP contribution in [0.3, 0.4) is 0 Å². The molecule has 17 heavy (non-hydrogen) atoms. The number of hydrogen-bond acceptors (Lipinski definition) is 2. The number of carbonyl (C=O) groups is 1. The van der Waals surface area contributed by atoms with Crippen LogP contribution >= 0.6 is 0 Å². The van der Waals surface area contributed by atoms with E-state index in [4.69, 9.17) is 0 Å². The van der Waals surface area contributed by atoms with E-state index >= 15 is 0 Å². The number of H-pyrrole nitrogens is 1. The van der Waals surface area contributed by atoms with Crippen molar-refractivity contribution in [1.82, 2.24) is 10.2 Å². The fourth-order valence-electron chi connectivity index (χ4n) is 2.47. The highest BCUT2D eigenvalue weighted by Gasteiger charge is 2.28. The van der Waals surface area contributed by atoms with E-state index in [9.17, 15) is 4.79 Å². The summed E-state index contributed by atoms with van der Waals surface area (Å²) >= 11 is 0. The second-order valence-electron chi connectivity index (χ2n) is 4.73. The van der Waals surface area contributed by atoms with Crippen molar-refractivity contribution in [3.05, 3.63) is 41.6 Å². The molecule has 1 aromatic heterocycles. The second-order valence-corrected chi connectivity index (χ2v) is 4.73. The molecule has 0 saturated heterocycles. The molecule has 1 heterocycles. The predicted octanol–water partition coefficient (Wildman–Crippen LogP) is 2.84. The Bertz CT molecular complexity index is 557. The van der Waals surface area contributed by atoms with Crippen LogP contribution in [0.4, 0.5) is 0 Å². The molecule has 3 rings (SSSR count). The minimum absolute atomic E-state index is 0.214. The third-order valence-corrected chi connectivity index (χ3v) is 3.25. The van der Waals surface area contributed by atoms with Gasteiger partial charge in [0.2, 0.25) is 0 Å². The van der Waals surface area contributed by atoms with Crippen molar-refractivity contribution in [2.45, 2.75) is 19.8 Å². The molecule has 1 aromatic carbocycles. The highest BCUT2D eigenvalue weighted by Crippen LogP contribution is 2.31. The Morgan fingerprint density at radius 2 is 2.00 bits per heavy atom. The lowest BCUT2D eigenvalue weighted by Crippen LogP contribution is -2.17. The highest BCUT2D eigenvalue weighted by molar-refractivity contribution is 6.03. The molecule has 0 saturated carbocycles. The second kappa shape index (κ2) is 3.84. The van der Waals surface area contributed by atoms with Gasteiger partial charge in [-0.1, -0.05) is 37.3 Å². The summed E-state index contributed by atoms with van der Waals surface area (Å²) in [5.74, 6) is 0.630.